The minimum Gasteiger partial charge on any atom is -0.271 e. The second-order valence-electron chi connectivity index (χ2n) is 5.66. The Morgan fingerprint density at radius 2 is 1.56 bits per heavy atom. The Labute approximate surface area is 99.2 Å². The van der Waals surface area contributed by atoms with Gasteiger partial charge in [-0.1, -0.05) is 32.9 Å². The molecule has 0 aliphatic heterocycles. The number of hydrogen-bond acceptors (Lipinski definition) is 2. The van der Waals surface area contributed by atoms with Crippen LogP contribution in [0.3, 0.4) is 0 Å². The highest BCUT2D eigenvalue weighted by Crippen LogP contribution is 2.29. The molecular formula is C14H24N2. The highest BCUT2D eigenvalue weighted by molar-refractivity contribution is 5.41. The third-order valence-corrected chi connectivity index (χ3v) is 3.14. The van der Waals surface area contributed by atoms with E-state index in [1.807, 2.05) is 0 Å². The molecule has 0 aliphatic rings. The van der Waals surface area contributed by atoms with Gasteiger partial charge in [0, 0.05) is 6.04 Å². The maximum atomic E-state index is 5.52. The molecule has 2 heteroatoms. The van der Waals surface area contributed by atoms with E-state index in [0.29, 0.717) is 0 Å². The SMILES string of the molecule is Cc1cc(C(C)(C)C)cc(C)c1[C@@H](C)NN. The highest BCUT2D eigenvalue weighted by atomic mass is 15.2. The Morgan fingerprint density at radius 1 is 1.12 bits per heavy atom. The molecule has 0 aromatic heterocycles. The van der Waals surface area contributed by atoms with Crippen LogP contribution in [-0.2, 0) is 5.41 Å². The standard InChI is InChI=1S/C14H24N2/c1-9-7-12(14(4,5)6)8-10(2)13(9)11(3)16-15/h7-8,11,16H,15H2,1-6H3/t11-/m1/s1. The van der Waals surface area contributed by atoms with Crippen LogP contribution in [0.1, 0.15) is 56.0 Å². The molecule has 1 rings (SSSR count). The molecular weight excluding hydrogens is 196 g/mol. The van der Waals surface area contributed by atoms with Crippen molar-refractivity contribution < 1.29 is 0 Å². The summed E-state index contributed by atoms with van der Waals surface area (Å²) in [4.78, 5) is 0. The van der Waals surface area contributed by atoms with Crippen LogP contribution >= 0.6 is 0 Å². The number of benzene rings is 1. The molecule has 1 atom stereocenters. The van der Waals surface area contributed by atoms with Gasteiger partial charge in [-0.2, -0.15) is 0 Å². The van der Waals surface area contributed by atoms with Crippen LogP contribution in [-0.4, -0.2) is 0 Å². The van der Waals surface area contributed by atoms with Gasteiger partial charge >= 0.3 is 0 Å². The summed E-state index contributed by atoms with van der Waals surface area (Å²) in [5.41, 5.74) is 8.35. The predicted octanol–water partition coefficient (Wildman–Crippen LogP) is 3.13. The van der Waals surface area contributed by atoms with E-state index in [0.717, 1.165) is 0 Å². The average molecular weight is 220 g/mol. The molecule has 0 radical (unpaired) electrons. The molecule has 0 heterocycles. The molecule has 16 heavy (non-hydrogen) atoms. The lowest BCUT2D eigenvalue weighted by atomic mass is 9.83. The number of nitrogens with one attached hydrogen (secondary N) is 1. The van der Waals surface area contributed by atoms with Crippen LogP contribution in [0.2, 0.25) is 0 Å². The second-order valence-corrected chi connectivity index (χ2v) is 5.66. The van der Waals surface area contributed by atoms with Crippen LogP contribution in [0.4, 0.5) is 0 Å². The van der Waals surface area contributed by atoms with Gasteiger partial charge in [0.15, 0.2) is 0 Å². The fourth-order valence-electron chi connectivity index (χ4n) is 2.17. The van der Waals surface area contributed by atoms with Gasteiger partial charge < -0.3 is 0 Å². The van der Waals surface area contributed by atoms with Crippen molar-refractivity contribution in [3.63, 3.8) is 0 Å². The summed E-state index contributed by atoms with van der Waals surface area (Å²) in [5.74, 6) is 5.52. The van der Waals surface area contributed by atoms with E-state index in [9.17, 15) is 0 Å². The van der Waals surface area contributed by atoms with Gasteiger partial charge in [-0.15, -0.1) is 0 Å². The van der Waals surface area contributed by atoms with Crippen molar-refractivity contribution in [3.8, 4) is 0 Å². The highest BCUT2D eigenvalue weighted by Gasteiger charge is 2.17. The van der Waals surface area contributed by atoms with Crippen molar-refractivity contribution in [2.24, 2.45) is 5.84 Å². The third kappa shape index (κ3) is 2.63. The molecule has 1 aromatic carbocycles. The summed E-state index contributed by atoms with van der Waals surface area (Å²) in [5, 5.41) is 0. The summed E-state index contributed by atoms with van der Waals surface area (Å²) in [7, 11) is 0. The minimum absolute atomic E-state index is 0.202. The fourth-order valence-corrected chi connectivity index (χ4v) is 2.17. The summed E-state index contributed by atoms with van der Waals surface area (Å²) < 4.78 is 0. The molecule has 0 unspecified atom stereocenters. The van der Waals surface area contributed by atoms with Crippen LogP contribution < -0.4 is 11.3 Å². The molecule has 0 amide bonds. The number of hydrogen-bond donors (Lipinski definition) is 2. The van der Waals surface area contributed by atoms with E-state index in [4.69, 9.17) is 5.84 Å². The Kier molecular flexibility index (Phi) is 3.76. The Bertz CT molecular complexity index is 352. The maximum absolute atomic E-state index is 5.52. The first kappa shape index (κ1) is 13.2. The van der Waals surface area contributed by atoms with Crippen LogP contribution in [0, 0.1) is 13.8 Å². The molecule has 0 spiro atoms. The lowest BCUT2D eigenvalue weighted by Crippen LogP contribution is -2.27. The minimum atomic E-state index is 0.202. The topological polar surface area (TPSA) is 38.0 Å². The summed E-state index contributed by atoms with van der Waals surface area (Å²) in [6.07, 6.45) is 0. The van der Waals surface area contributed by atoms with E-state index in [-0.39, 0.29) is 11.5 Å². The van der Waals surface area contributed by atoms with Crippen molar-refractivity contribution in [2.75, 3.05) is 0 Å². The van der Waals surface area contributed by atoms with E-state index in [1.165, 1.54) is 22.3 Å². The summed E-state index contributed by atoms with van der Waals surface area (Å²) in [6, 6.07) is 4.75. The number of aryl methyl sites for hydroxylation is 2. The van der Waals surface area contributed by atoms with E-state index in [2.05, 4.69) is 59.1 Å². The fraction of sp³-hybridized carbons (Fsp3) is 0.571. The van der Waals surface area contributed by atoms with E-state index < -0.39 is 0 Å². The molecule has 0 saturated carbocycles. The molecule has 90 valence electrons. The molecule has 3 N–H and O–H groups in total. The van der Waals surface area contributed by atoms with Gasteiger partial charge in [0.1, 0.15) is 0 Å². The van der Waals surface area contributed by atoms with Gasteiger partial charge in [0.05, 0.1) is 0 Å². The van der Waals surface area contributed by atoms with Gasteiger partial charge in [0.25, 0.3) is 0 Å². The molecule has 0 aliphatic carbocycles. The lowest BCUT2D eigenvalue weighted by Gasteiger charge is -2.24. The van der Waals surface area contributed by atoms with Gasteiger partial charge in [-0.25, -0.2) is 0 Å². The van der Waals surface area contributed by atoms with Crippen molar-refractivity contribution in [1.82, 2.24) is 5.43 Å². The number of hydrazine groups is 1. The monoisotopic (exact) mass is 220 g/mol. The zero-order valence-corrected chi connectivity index (χ0v) is 11.3. The van der Waals surface area contributed by atoms with Crippen LogP contribution in [0.25, 0.3) is 0 Å². The normalized spacial score (nSPS) is 13.9. The Morgan fingerprint density at radius 3 is 1.88 bits per heavy atom. The quantitative estimate of drug-likeness (QED) is 0.593. The zero-order chi connectivity index (χ0) is 12.5. The Balaban J connectivity index is 3.28. The lowest BCUT2D eigenvalue weighted by molar-refractivity contribution is 0.579. The van der Waals surface area contributed by atoms with Gasteiger partial charge in [-0.05, 0) is 48.4 Å². The van der Waals surface area contributed by atoms with E-state index >= 15 is 0 Å². The third-order valence-electron chi connectivity index (χ3n) is 3.14. The van der Waals surface area contributed by atoms with Crippen molar-refractivity contribution in [3.05, 3.63) is 34.4 Å². The van der Waals surface area contributed by atoms with Crippen molar-refractivity contribution in [1.29, 1.82) is 0 Å². The molecule has 1 aromatic rings. The summed E-state index contributed by atoms with van der Waals surface area (Å²) in [6.45, 7) is 13.1. The smallest absolute Gasteiger partial charge is 0.0437 e. The first-order valence-corrected chi connectivity index (χ1v) is 5.85. The van der Waals surface area contributed by atoms with E-state index in [1.54, 1.807) is 0 Å². The zero-order valence-electron chi connectivity index (χ0n) is 11.3. The van der Waals surface area contributed by atoms with Gasteiger partial charge in [-0.3, -0.25) is 11.3 Å². The largest absolute Gasteiger partial charge is 0.271 e. The second kappa shape index (κ2) is 4.56. The average Bonchev–Trinajstić information content (AvgIpc) is 2.14. The molecule has 0 saturated heterocycles. The first-order valence-electron chi connectivity index (χ1n) is 5.85. The molecule has 2 nitrogen and oxygen atoms in total. The predicted molar refractivity (Wildman–Crippen MR) is 70.4 cm³/mol. The number of nitrogens with two attached hydrogens (primary N) is 1. The maximum Gasteiger partial charge on any atom is 0.0437 e. The van der Waals surface area contributed by atoms with Crippen molar-refractivity contribution in [2.45, 2.75) is 53.0 Å². The van der Waals surface area contributed by atoms with Crippen LogP contribution in [0.15, 0.2) is 12.1 Å². The van der Waals surface area contributed by atoms with Crippen molar-refractivity contribution >= 4 is 0 Å². The van der Waals surface area contributed by atoms with Gasteiger partial charge in [0.2, 0.25) is 0 Å². The molecule has 0 fully saturated rings. The molecule has 0 bridgehead atoms. The number of rotatable bonds is 2. The summed E-state index contributed by atoms with van der Waals surface area (Å²) >= 11 is 0. The first-order chi connectivity index (χ1) is 7.27. The van der Waals surface area contributed by atoms with Crippen LogP contribution in [0.5, 0.6) is 0 Å². The Hall–Kier alpha value is -0.860.